The minimum atomic E-state index is -3.25. The zero-order valence-electron chi connectivity index (χ0n) is 9.91. The van der Waals surface area contributed by atoms with Gasteiger partial charge in [0.15, 0.2) is 21.4 Å². The van der Waals surface area contributed by atoms with Crippen LogP contribution >= 0.6 is 15.9 Å². The van der Waals surface area contributed by atoms with E-state index in [4.69, 9.17) is 4.74 Å². The predicted molar refractivity (Wildman–Crippen MR) is 68.5 cm³/mol. The summed E-state index contributed by atoms with van der Waals surface area (Å²) in [5.74, 6) is -2.72. The number of halogens is 3. The molecule has 0 radical (unpaired) electrons. The normalized spacial score (nSPS) is 11.9. The van der Waals surface area contributed by atoms with E-state index in [-0.39, 0.29) is 18.1 Å². The van der Waals surface area contributed by atoms with Gasteiger partial charge in [-0.25, -0.2) is 12.8 Å². The molecule has 1 aromatic rings. The van der Waals surface area contributed by atoms with Gasteiger partial charge in [0.05, 0.1) is 11.0 Å². The highest BCUT2D eigenvalue weighted by molar-refractivity contribution is 9.10. The molecular formula is C11H13BrF2O3S. The summed E-state index contributed by atoms with van der Waals surface area (Å²) >= 11 is 3.00. The zero-order chi connectivity index (χ0) is 13.9. The van der Waals surface area contributed by atoms with Gasteiger partial charge in [-0.2, -0.15) is 4.39 Å². The average molecular weight is 343 g/mol. The second kappa shape index (κ2) is 5.97. The van der Waals surface area contributed by atoms with Crippen molar-refractivity contribution in [1.29, 1.82) is 0 Å². The predicted octanol–water partition coefficient (Wildman–Crippen LogP) is 2.93. The topological polar surface area (TPSA) is 43.4 Å². The lowest BCUT2D eigenvalue weighted by atomic mass is 10.3. The fourth-order valence-electron chi connectivity index (χ4n) is 1.14. The van der Waals surface area contributed by atoms with E-state index in [0.717, 1.165) is 6.07 Å². The lowest BCUT2D eigenvalue weighted by molar-refractivity contribution is 0.314. The van der Waals surface area contributed by atoms with E-state index >= 15 is 0 Å². The van der Waals surface area contributed by atoms with Gasteiger partial charge in [0.1, 0.15) is 6.61 Å². The molecule has 1 rings (SSSR count). The lowest BCUT2D eigenvalue weighted by Gasteiger charge is -2.10. The van der Waals surface area contributed by atoms with Crippen LogP contribution in [0.2, 0.25) is 0 Å². The maximum Gasteiger partial charge on any atom is 0.200 e. The van der Waals surface area contributed by atoms with Crippen LogP contribution in [0.1, 0.15) is 13.8 Å². The van der Waals surface area contributed by atoms with Crippen molar-refractivity contribution in [3.63, 3.8) is 0 Å². The molecular weight excluding hydrogens is 330 g/mol. The molecule has 0 amide bonds. The summed E-state index contributed by atoms with van der Waals surface area (Å²) in [6, 6.07) is 2.22. The minimum Gasteiger partial charge on any atom is -0.489 e. The third kappa shape index (κ3) is 3.91. The zero-order valence-corrected chi connectivity index (χ0v) is 12.3. The number of rotatable bonds is 5. The molecule has 18 heavy (non-hydrogen) atoms. The third-order valence-electron chi connectivity index (χ3n) is 2.30. The molecule has 0 N–H and O–H groups in total. The van der Waals surface area contributed by atoms with E-state index < -0.39 is 26.7 Å². The Morgan fingerprint density at radius 2 is 1.94 bits per heavy atom. The van der Waals surface area contributed by atoms with E-state index in [1.54, 1.807) is 13.8 Å². The second-order valence-corrected chi connectivity index (χ2v) is 7.56. The number of benzene rings is 1. The van der Waals surface area contributed by atoms with Gasteiger partial charge >= 0.3 is 0 Å². The molecule has 7 heteroatoms. The summed E-state index contributed by atoms with van der Waals surface area (Å²) in [7, 11) is -3.25. The number of hydrogen-bond donors (Lipinski definition) is 0. The Morgan fingerprint density at radius 3 is 2.50 bits per heavy atom. The fourth-order valence-corrected chi connectivity index (χ4v) is 2.34. The van der Waals surface area contributed by atoms with Crippen molar-refractivity contribution in [3.05, 3.63) is 28.2 Å². The monoisotopic (exact) mass is 342 g/mol. The Balaban J connectivity index is 2.71. The van der Waals surface area contributed by atoms with Crippen molar-refractivity contribution < 1.29 is 21.9 Å². The van der Waals surface area contributed by atoms with Crippen LogP contribution in [0.5, 0.6) is 5.75 Å². The molecule has 0 saturated carbocycles. The summed E-state index contributed by atoms with van der Waals surface area (Å²) < 4.78 is 54.6. The molecule has 0 atom stereocenters. The highest BCUT2D eigenvalue weighted by atomic mass is 79.9. The van der Waals surface area contributed by atoms with Crippen molar-refractivity contribution in [3.8, 4) is 5.75 Å². The van der Waals surface area contributed by atoms with Gasteiger partial charge in [-0.05, 0) is 26.0 Å². The van der Waals surface area contributed by atoms with Crippen molar-refractivity contribution in [1.82, 2.24) is 0 Å². The van der Waals surface area contributed by atoms with Gasteiger partial charge in [-0.15, -0.1) is 0 Å². The fraction of sp³-hybridized carbons (Fsp3) is 0.455. The first kappa shape index (κ1) is 15.4. The van der Waals surface area contributed by atoms with Gasteiger partial charge in [0, 0.05) is 4.47 Å². The summed E-state index contributed by atoms with van der Waals surface area (Å²) in [6.07, 6.45) is 0. The maximum atomic E-state index is 13.3. The molecule has 1 aromatic carbocycles. The molecule has 0 fully saturated rings. The number of hydrogen-bond acceptors (Lipinski definition) is 3. The first-order chi connectivity index (χ1) is 8.24. The Kier molecular flexibility index (Phi) is 5.10. The Morgan fingerprint density at radius 1 is 1.33 bits per heavy atom. The molecule has 0 bridgehead atoms. The van der Waals surface area contributed by atoms with E-state index in [0.29, 0.717) is 4.47 Å². The van der Waals surface area contributed by atoms with E-state index in [9.17, 15) is 17.2 Å². The molecule has 0 heterocycles. The van der Waals surface area contributed by atoms with Crippen molar-refractivity contribution >= 4 is 25.8 Å². The van der Waals surface area contributed by atoms with E-state index in [2.05, 4.69) is 15.9 Å². The lowest BCUT2D eigenvalue weighted by Crippen LogP contribution is -2.22. The molecule has 102 valence electrons. The molecule has 0 aromatic heterocycles. The van der Waals surface area contributed by atoms with E-state index in [1.807, 2.05) is 0 Å². The van der Waals surface area contributed by atoms with Crippen molar-refractivity contribution in [2.24, 2.45) is 0 Å². The SMILES string of the molecule is CC(C)S(=O)(=O)CCOc1cc(Br)cc(F)c1F. The summed E-state index contributed by atoms with van der Waals surface area (Å²) in [4.78, 5) is 0. The maximum absolute atomic E-state index is 13.3. The molecule has 0 aliphatic rings. The summed E-state index contributed by atoms with van der Waals surface area (Å²) in [5.41, 5.74) is 0. The van der Waals surface area contributed by atoms with Crippen LogP contribution in [0, 0.1) is 11.6 Å². The highest BCUT2D eigenvalue weighted by Gasteiger charge is 2.17. The first-order valence-electron chi connectivity index (χ1n) is 5.23. The molecule has 0 unspecified atom stereocenters. The number of sulfone groups is 1. The van der Waals surface area contributed by atoms with Crippen LogP contribution in [0.15, 0.2) is 16.6 Å². The Hall–Kier alpha value is -0.690. The molecule has 3 nitrogen and oxygen atoms in total. The standard InChI is InChI=1S/C11H13BrF2O3S/c1-7(2)18(15,16)4-3-17-10-6-8(12)5-9(13)11(10)14/h5-7H,3-4H2,1-2H3. The first-order valence-corrected chi connectivity index (χ1v) is 7.74. The van der Waals surface area contributed by atoms with Crippen molar-refractivity contribution in [2.75, 3.05) is 12.4 Å². The van der Waals surface area contributed by atoms with Crippen LogP contribution in [-0.2, 0) is 9.84 Å². The van der Waals surface area contributed by atoms with Crippen LogP contribution in [0.25, 0.3) is 0 Å². The van der Waals surface area contributed by atoms with Gasteiger partial charge in [0.25, 0.3) is 0 Å². The van der Waals surface area contributed by atoms with Crippen LogP contribution in [-0.4, -0.2) is 26.0 Å². The highest BCUT2D eigenvalue weighted by Crippen LogP contribution is 2.25. The van der Waals surface area contributed by atoms with Gasteiger partial charge in [-0.1, -0.05) is 15.9 Å². The van der Waals surface area contributed by atoms with Gasteiger partial charge in [0.2, 0.25) is 5.82 Å². The molecule has 0 aliphatic heterocycles. The molecule has 0 aliphatic carbocycles. The van der Waals surface area contributed by atoms with Crippen LogP contribution in [0.4, 0.5) is 8.78 Å². The van der Waals surface area contributed by atoms with Crippen molar-refractivity contribution in [2.45, 2.75) is 19.1 Å². The molecule has 0 saturated heterocycles. The smallest absolute Gasteiger partial charge is 0.200 e. The van der Waals surface area contributed by atoms with Crippen LogP contribution < -0.4 is 4.74 Å². The quantitative estimate of drug-likeness (QED) is 0.772. The number of ether oxygens (including phenoxy) is 1. The largest absolute Gasteiger partial charge is 0.489 e. The molecule has 0 spiro atoms. The van der Waals surface area contributed by atoms with Gasteiger partial charge in [-0.3, -0.25) is 0 Å². The second-order valence-electron chi connectivity index (χ2n) is 3.96. The summed E-state index contributed by atoms with van der Waals surface area (Å²) in [5, 5.41) is -0.523. The van der Waals surface area contributed by atoms with Crippen LogP contribution in [0.3, 0.4) is 0 Å². The Labute approximate surface area is 113 Å². The Bertz CT molecular complexity index is 529. The summed E-state index contributed by atoms with van der Waals surface area (Å²) in [6.45, 7) is 2.89. The third-order valence-corrected chi connectivity index (χ3v) is 4.93. The van der Waals surface area contributed by atoms with E-state index in [1.165, 1.54) is 6.07 Å². The van der Waals surface area contributed by atoms with Gasteiger partial charge < -0.3 is 4.74 Å². The minimum absolute atomic E-state index is 0.215. The average Bonchev–Trinajstić information content (AvgIpc) is 2.24.